The maximum absolute atomic E-state index is 10.2. The first kappa shape index (κ1) is 8.67. The molecule has 1 aliphatic heterocycles. The Labute approximate surface area is 73.1 Å². The SMILES string of the molecule is O=[N+]([O-])C(Cl)=C1NCCCS1. The number of thioether (sulfide) groups is 1. The molecule has 0 unspecified atom stereocenters. The average molecular weight is 195 g/mol. The van der Waals surface area contributed by atoms with E-state index in [1.54, 1.807) is 0 Å². The van der Waals surface area contributed by atoms with Crippen molar-refractivity contribution in [2.75, 3.05) is 12.3 Å². The second-order valence-corrected chi connectivity index (χ2v) is 3.47. The molecule has 11 heavy (non-hydrogen) atoms. The van der Waals surface area contributed by atoms with Gasteiger partial charge in [0.25, 0.3) is 0 Å². The number of hydrogen-bond donors (Lipinski definition) is 1. The fourth-order valence-corrected chi connectivity index (χ4v) is 1.84. The van der Waals surface area contributed by atoms with Crippen LogP contribution in [0.1, 0.15) is 6.42 Å². The maximum Gasteiger partial charge on any atom is 0.366 e. The first-order valence-corrected chi connectivity index (χ1v) is 4.49. The van der Waals surface area contributed by atoms with E-state index >= 15 is 0 Å². The molecule has 0 radical (unpaired) electrons. The summed E-state index contributed by atoms with van der Waals surface area (Å²) in [6, 6.07) is 0. The van der Waals surface area contributed by atoms with Crippen molar-refractivity contribution in [2.24, 2.45) is 0 Å². The number of rotatable bonds is 1. The highest BCUT2D eigenvalue weighted by atomic mass is 35.5. The van der Waals surface area contributed by atoms with Crippen molar-refractivity contribution >= 4 is 23.4 Å². The molecular weight excluding hydrogens is 188 g/mol. The van der Waals surface area contributed by atoms with Gasteiger partial charge in [-0.25, -0.2) is 0 Å². The molecule has 1 aliphatic rings. The average Bonchev–Trinajstić information content (AvgIpc) is 2.05. The topological polar surface area (TPSA) is 55.2 Å². The lowest BCUT2D eigenvalue weighted by Gasteiger charge is -2.13. The van der Waals surface area contributed by atoms with Gasteiger partial charge in [0.1, 0.15) is 0 Å². The van der Waals surface area contributed by atoms with Crippen LogP contribution in [0.3, 0.4) is 0 Å². The van der Waals surface area contributed by atoms with Crippen LogP contribution in [-0.4, -0.2) is 17.2 Å². The molecule has 0 aromatic heterocycles. The van der Waals surface area contributed by atoms with E-state index in [4.69, 9.17) is 11.6 Å². The summed E-state index contributed by atoms with van der Waals surface area (Å²) < 4.78 is 0. The van der Waals surface area contributed by atoms with E-state index in [0.717, 1.165) is 18.7 Å². The van der Waals surface area contributed by atoms with Crippen LogP contribution in [0.25, 0.3) is 0 Å². The van der Waals surface area contributed by atoms with Crippen molar-refractivity contribution in [2.45, 2.75) is 6.42 Å². The summed E-state index contributed by atoms with van der Waals surface area (Å²) >= 11 is 6.79. The van der Waals surface area contributed by atoms with Crippen LogP contribution in [0.15, 0.2) is 10.2 Å². The van der Waals surface area contributed by atoms with Crippen molar-refractivity contribution < 1.29 is 4.92 Å². The quantitative estimate of drug-likeness (QED) is 0.389. The zero-order chi connectivity index (χ0) is 8.27. The summed E-state index contributed by atoms with van der Waals surface area (Å²) in [4.78, 5) is 9.58. The summed E-state index contributed by atoms with van der Waals surface area (Å²) in [5.41, 5.74) is 0. The van der Waals surface area contributed by atoms with Crippen LogP contribution in [0.4, 0.5) is 0 Å². The highest BCUT2D eigenvalue weighted by molar-refractivity contribution is 8.03. The summed E-state index contributed by atoms with van der Waals surface area (Å²) in [6.45, 7) is 0.770. The molecule has 0 spiro atoms. The molecule has 1 saturated heterocycles. The lowest BCUT2D eigenvalue weighted by atomic mass is 10.5. The molecule has 1 heterocycles. The molecule has 1 N–H and O–H groups in total. The van der Waals surface area contributed by atoms with Gasteiger partial charge in [-0.05, 0) is 18.0 Å². The third kappa shape index (κ3) is 2.27. The van der Waals surface area contributed by atoms with E-state index in [1.807, 2.05) is 0 Å². The largest absolute Gasteiger partial charge is 0.373 e. The predicted molar refractivity (Wildman–Crippen MR) is 45.0 cm³/mol. The molecule has 0 bridgehead atoms. The Balaban J connectivity index is 2.68. The standard InChI is InChI=1S/C5H7ClN2O2S/c6-4(8(9)10)5-7-2-1-3-11-5/h7H,1-3H2. The molecule has 0 aromatic carbocycles. The molecule has 1 fully saturated rings. The molecule has 6 heteroatoms. The highest BCUT2D eigenvalue weighted by Gasteiger charge is 2.17. The second kappa shape index (κ2) is 3.82. The van der Waals surface area contributed by atoms with E-state index in [2.05, 4.69) is 5.32 Å². The van der Waals surface area contributed by atoms with Crippen LogP contribution < -0.4 is 5.32 Å². The van der Waals surface area contributed by atoms with Crippen molar-refractivity contribution in [3.8, 4) is 0 Å². The molecule has 4 nitrogen and oxygen atoms in total. The lowest BCUT2D eigenvalue weighted by Crippen LogP contribution is -2.21. The van der Waals surface area contributed by atoms with E-state index in [-0.39, 0.29) is 5.16 Å². The molecule has 0 aliphatic carbocycles. The van der Waals surface area contributed by atoms with E-state index in [9.17, 15) is 10.1 Å². The molecule has 0 saturated carbocycles. The third-order valence-electron chi connectivity index (χ3n) is 1.20. The van der Waals surface area contributed by atoms with Gasteiger partial charge in [-0.15, -0.1) is 11.8 Å². The lowest BCUT2D eigenvalue weighted by molar-refractivity contribution is -0.413. The molecule has 0 amide bonds. The Bertz CT molecular complexity index is 199. The van der Waals surface area contributed by atoms with Crippen LogP contribution in [0.2, 0.25) is 0 Å². The van der Waals surface area contributed by atoms with Gasteiger partial charge in [-0.3, -0.25) is 10.1 Å². The minimum Gasteiger partial charge on any atom is -0.373 e. The Morgan fingerprint density at radius 1 is 1.82 bits per heavy atom. The fraction of sp³-hybridized carbons (Fsp3) is 0.600. The normalized spacial score (nSPS) is 22.3. The summed E-state index contributed by atoms with van der Waals surface area (Å²) in [5, 5.41) is 13.2. The Morgan fingerprint density at radius 2 is 2.55 bits per heavy atom. The number of nitrogens with one attached hydrogen (secondary N) is 1. The second-order valence-electron chi connectivity index (χ2n) is 2.01. The first-order chi connectivity index (χ1) is 5.22. The monoisotopic (exact) mass is 194 g/mol. The Hall–Kier alpha value is -0.420. The third-order valence-corrected chi connectivity index (χ3v) is 2.76. The van der Waals surface area contributed by atoms with Gasteiger partial charge in [0.2, 0.25) is 0 Å². The summed E-state index contributed by atoms with van der Waals surface area (Å²) in [5.74, 6) is 0.895. The van der Waals surface area contributed by atoms with Gasteiger partial charge in [0.15, 0.2) is 5.03 Å². The van der Waals surface area contributed by atoms with Gasteiger partial charge in [0, 0.05) is 12.3 Å². The predicted octanol–water partition coefficient (Wildman–Crippen LogP) is 1.35. The maximum atomic E-state index is 10.2. The zero-order valence-electron chi connectivity index (χ0n) is 5.67. The van der Waals surface area contributed by atoms with Gasteiger partial charge in [-0.1, -0.05) is 0 Å². The van der Waals surface area contributed by atoms with Crippen molar-refractivity contribution in [3.63, 3.8) is 0 Å². The smallest absolute Gasteiger partial charge is 0.366 e. The minimum absolute atomic E-state index is 0.297. The van der Waals surface area contributed by atoms with Crippen LogP contribution in [0, 0.1) is 10.1 Å². The van der Waals surface area contributed by atoms with E-state index < -0.39 is 4.92 Å². The van der Waals surface area contributed by atoms with Crippen LogP contribution in [0.5, 0.6) is 0 Å². The highest BCUT2D eigenvalue weighted by Crippen LogP contribution is 2.23. The minimum atomic E-state index is -0.581. The molecule has 62 valence electrons. The van der Waals surface area contributed by atoms with Gasteiger partial charge >= 0.3 is 5.16 Å². The Kier molecular flexibility index (Phi) is 3.02. The number of nitrogens with zero attached hydrogens (tertiary/aromatic N) is 1. The molecule has 0 aromatic rings. The fourth-order valence-electron chi connectivity index (χ4n) is 0.715. The van der Waals surface area contributed by atoms with E-state index in [1.165, 1.54) is 11.8 Å². The van der Waals surface area contributed by atoms with Crippen molar-refractivity contribution in [1.29, 1.82) is 0 Å². The van der Waals surface area contributed by atoms with Gasteiger partial charge in [0.05, 0.1) is 4.92 Å². The molecule has 1 rings (SSSR count). The van der Waals surface area contributed by atoms with Crippen LogP contribution in [-0.2, 0) is 0 Å². The van der Waals surface area contributed by atoms with E-state index in [0.29, 0.717) is 5.03 Å². The van der Waals surface area contributed by atoms with Gasteiger partial charge < -0.3 is 5.32 Å². The molecular formula is C5H7ClN2O2S. The number of halogens is 1. The van der Waals surface area contributed by atoms with Crippen LogP contribution >= 0.6 is 23.4 Å². The number of hydrogen-bond acceptors (Lipinski definition) is 4. The number of nitro groups is 1. The zero-order valence-corrected chi connectivity index (χ0v) is 7.24. The molecule has 0 atom stereocenters. The summed E-state index contributed by atoms with van der Waals surface area (Å²) in [6.07, 6.45) is 1.02. The van der Waals surface area contributed by atoms with Crippen molar-refractivity contribution in [1.82, 2.24) is 5.32 Å². The first-order valence-electron chi connectivity index (χ1n) is 3.12. The summed E-state index contributed by atoms with van der Waals surface area (Å²) in [7, 11) is 0. The Morgan fingerprint density at radius 3 is 3.00 bits per heavy atom. The van der Waals surface area contributed by atoms with Crippen molar-refractivity contribution in [3.05, 3.63) is 20.3 Å². The van der Waals surface area contributed by atoms with Gasteiger partial charge in [-0.2, -0.15) is 0 Å².